The Morgan fingerprint density at radius 3 is 2.78 bits per heavy atom. The summed E-state index contributed by atoms with van der Waals surface area (Å²) in [6, 6.07) is 8.39. The van der Waals surface area contributed by atoms with Gasteiger partial charge in [-0.05, 0) is 31.2 Å². The van der Waals surface area contributed by atoms with Crippen molar-refractivity contribution < 1.29 is 22.4 Å². The second kappa shape index (κ2) is 6.50. The highest BCUT2D eigenvalue weighted by atomic mass is 32.2. The Labute approximate surface area is 156 Å². The second-order valence-electron chi connectivity index (χ2n) is 6.51. The number of amides is 1. The van der Waals surface area contributed by atoms with Gasteiger partial charge in [0.15, 0.2) is 5.69 Å². The first-order chi connectivity index (χ1) is 12.9. The molecule has 27 heavy (non-hydrogen) atoms. The van der Waals surface area contributed by atoms with E-state index in [-0.39, 0.29) is 22.8 Å². The van der Waals surface area contributed by atoms with Gasteiger partial charge in [0.1, 0.15) is 17.6 Å². The number of hydrogen-bond acceptors (Lipinski definition) is 6. The van der Waals surface area contributed by atoms with Gasteiger partial charge in [0.25, 0.3) is 5.91 Å². The molecule has 3 aromatic rings. The third kappa shape index (κ3) is 3.13. The van der Waals surface area contributed by atoms with Gasteiger partial charge in [-0.15, -0.1) is 0 Å². The van der Waals surface area contributed by atoms with Crippen LogP contribution in [0.15, 0.2) is 46.1 Å². The lowest BCUT2D eigenvalue weighted by atomic mass is 10.1. The van der Waals surface area contributed by atoms with E-state index in [1.54, 1.807) is 29.3 Å². The first kappa shape index (κ1) is 17.7. The summed E-state index contributed by atoms with van der Waals surface area (Å²) < 4.78 is 36.9. The van der Waals surface area contributed by atoms with Gasteiger partial charge in [-0.3, -0.25) is 9.20 Å². The molecule has 0 aliphatic carbocycles. The molecule has 4 rings (SSSR count). The number of furan rings is 1. The maximum absolute atomic E-state index is 13.3. The van der Waals surface area contributed by atoms with Gasteiger partial charge in [-0.1, -0.05) is 6.07 Å². The summed E-state index contributed by atoms with van der Waals surface area (Å²) in [5, 5.41) is -0.153. The van der Waals surface area contributed by atoms with Crippen LogP contribution in [-0.4, -0.2) is 54.6 Å². The number of carbonyl (C=O) groups excluding carboxylic acids is 1. The van der Waals surface area contributed by atoms with Crippen LogP contribution in [0.3, 0.4) is 0 Å². The molecule has 1 saturated heterocycles. The van der Waals surface area contributed by atoms with Crippen molar-refractivity contribution in [2.45, 2.75) is 18.1 Å². The lowest BCUT2D eigenvalue weighted by Gasteiger charge is -2.34. The normalized spacial score (nSPS) is 18.1. The molecule has 0 N–H and O–H groups in total. The number of nitrogens with zero attached hydrogens (tertiary/aromatic N) is 3. The van der Waals surface area contributed by atoms with Gasteiger partial charge in [0.2, 0.25) is 15.0 Å². The standard InChI is InChI=1S/C18H19N3O5S/c1-12-6-7-15(26-12)14-11-25-10-9-20(14)17(22)16-13-5-3-4-8-21(13)18(19-16)27(2,23)24/h3-8,14H,9-11H2,1-2H3. The van der Waals surface area contributed by atoms with Crippen molar-refractivity contribution in [3.63, 3.8) is 0 Å². The van der Waals surface area contributed by atoms with E-state index in [2.05, 4.69) is 4.98 Å². The van der Waals surface area contributed by atoms with Crippen molar-refractivity contribution in [3.8, 4) is 0 Å². The largest absolute Gasteiger partial charge is 0.464 e. The predicted molar refractivity (Wildman–Crippen MR) is 96.3 cm³/mol. The van der Waals surface area contributed by atoms with E-state index in [0.29, 0.717) is 31.0 Å². The second-order valence-corrected chi connectivity index (χ2v) is 8.42. The lowest BCUT2D eigenvalue weighted by Crippen LogP contribution is -2.43. The monoisotopic (exact) mass is 389 g/mol. The van der Waals surface area contributed by atoms with Gasteiger partial charge in [0, 0.05) is 19.0 Å². The predicted octanol–water partition coefficient (Wildman–Crippen LogP) is 1.85. The summed E-state index contributed by atoms with van der Waals surface area (Å²) in [5.41, 5.74) is 0.551. The highest BCUT2D eigenvalue weighted by Crippen LogP contribution is 2.28. The number of carbonyl (C=O) groups is 1. The molecule has 4 heterocycles. The van der Waals surface area contributed by atoms with Crippen LogP contribution in [0.4, 0.5) is 0 Å². The Balaban J connectivity index is 1.80. The van der Waals surface area contributed by atoms with Crippen molar-refractivity contribution in [1.29, 1.82) is 0 Å². The molecule has 1 aliphatic heterocycles. The number of ether oxygens (including phenoxy) is 1. The maximum Gasteiger partial charge on any atom is 0.275 e. The molecule has 142 valence electrons. The van der Waals surface area contributed by atoms with E-state index in [0.717, 1.165) is 12.0 Å². The van der Waals surface area contributed by atoms with E-state index in [4.69, 9.17) is 9.15 Å². The van der Waals surface area contributed by atoms with Crippen LogP contribution in [-0.2, 0) is 14.6 Å². The molecule has 1 amide bonds. The molecular formula is C18H19N3O5S. The molecule has 1 fully saturated rings. The number of morpholine rings is 1. The summed E-state index contributed by atoms with van der Waals surface area (Å²) >= 11 is 0. The molecule has 9 heteroatoms. The van der Waals surface area contributed by atoms with Crippen LogP contribution in [0, 0.1) is 6.92 Å². The summed E-state index contributed by atoms with van der Waals surface area (Å²) in [4.78, 5) is 19.1. The minimum Gasteiger partial charge on any atom is -0.464 e. The summed E-state index contributed by atoms with van der Waals surface area (Å²) in [5.74, 6) is 1.03. The summed E-state index contributed by atoms with van der Waals surface area (Å²) in [6.45, 7) is 2.90. The van der Waals surface area contributed by atoms with E-state index in [9.17, 15) is 13.2 Å². The Hall–Kier alpha value is -2.65. The van der Waals surface area contributed by atoms with Crippen LogP contribution >= 0.6 is 0 Å². The maximum atomic E-state index is 13.3. The average molecular weight is 389 g/mol. The zero-order valence-corrected chi connectivity index (χ0v) is 15.8. The molecule has 0 radical (unpaired) electrons. The minimum absolute atomic E-state index is 0.103. The number of imidazole rings is 1. The van der Waals surface area contributed by atoms with E-state index >= 15 is 0 Å². The van der Waals surface area contributed by atoms with E-state index in [1.807, 2.05) is 19.1 Å². The van der Waals surface area contributed by atoms with Crippen LogP contribution in [0.2, 0.25) is 0 Å². The van der Waals surface area contributed by atoms with E-state index in [1.165, 1.54) is 4.40 Å². The molecule has 3 aromatic heterocycles. The van der Waals surface area contributed by atoms with Crippen molar-refractivity contribution in [1.82, 2.24) is 14.3 Å². The molecule has 1 unspecified atom stereocenters. The average Bonchev–Trinajstić information content (AvgIpc) is 3.25. The molecule has 0 bridgehead atoms. The third-order valence-corrected chi connectivity index (χ3v) is 5.48. The van der Waals surface area contributed by atoms with Crippen molar-refractivity contribution in [2.75, 3.05) is 26.0 Å². The quantitative estimate of drug-likeness (QED) is 0.679. The minimum atomic E-state index is -3.60. The fourth-order valence-electron chi connectivity index (χ4n) is 3.28. The number of hydrogen-bond donors (Lipinski definition) is 0. The number of sulfone groups is 1. The molecule has 0 saturated carbocycles. The van der Waals surface area contributed by atoms with Gasteiger partial charge < -0.3 is 14.1 Å². The first-order valence-electron chi connectivity index (χ1n) is 8.48. The van der Waals surface area contributed by atoms with Crippen molar-refractivity contribution in [3.05, 3.63) is 53.7 Å². The van der Waals surface area contributed by atoms with Crippen LogP contribution in [0.25, 0.3) is 5.52 Å². The number of rotatable bonds is 3. The Morgan fingerprint density at radius 2 is 2.07 bits per heavy atom. The zero-order chi connectivity index (χ0) is 19.2. The van der Waals surface area contributed by atoms with Gasteiger partial charge in [-0.2, -0.15) is 0 Å². The lowest BCUT2D eigenvalue weighted by molar-refractivity contribution is -0.00913. The molecule has 1 atom stereocenters. The Bertz CT molecular complexity index is 1120. The number of fused-ring (bicyclic) bond motifs is 1. The topological polar surface area (TPSA) is 94.1 Å². The van der Waals surface area contributed by atoms with Gasteiger partial charge >= 0.3 is 0 Å². The SMILES string of the molecule is Cc1ccc(C2COCCN2C(=O)c2nc(S(C)(=O)=O)n3ccccc23)o1. The van der Waals surface area contributed by atoms with Crippen LogP contribution < -0.4 is 0 Å². The fourth-order valence-corrected chi connectivity index (χ4v) is 4.05. The van der Waals surface area contributed by atoms with Crippen molar-refractivity contribution >= 4 is 21.3 Å². The fraction of sp³-hybridized carbons (Fsp3) is 0.333. The molecule has 0 aromatic carbocycles. The number of aryl methyl sites for hydroxylation is 1. The smallest absolute Gasteiger partial charge is 0.275 e. The number of aromatic nitrogens is 2. The highest BCUT2D eigenvalue weighted by Gasteiger charge is 2.34. The third-order valence-electron chi connectivity index (χ3n) is 4.53. The van der Waals surface area contributed by atoms with Gasteiger partial charge in [-0.25, -0.2) is 13.4 Å². The molecular weight excluding hydrogens is 370 g/mol. The summed E-state index contributed by atoms with van der Waals surface area (Å²) in [7, 11) is -3.60. The van der Waals surface area contributed by atoms with Crippen LogP contribution in [0.5, 0.6) is 0 Å². The Kier molecular flexibility index (Phi) is 4.27. The highest BCUT2D eigenvalue weighted by molar-refractivity contribution is 7.90. The zero-order valence-electron chi connectivity index (χ0n) is 15.0. The summed E-state index contributed by atoms with van der Waals surface area (Å²) in [6.07, 6.45) is 2.66. The van der Waals surface area contributed by atoms with Crippen LogP contribution in [0.1, 0.15) is 28.1 Å². The molecule has 0 spiro atoms. The Morgan fingerprint density at radius 1 is 1.26 bits per heavy atom. The van der Waals surface area contributed by atoms with Gasteiger partial charge in [0.05, 0.1) is 18.7 Å². The van der Waals surface area contributed by atoms with E-state index < -0.39 is 9.84 Å². The molecule has 8 nitrogen and oxygen atoms in total. The van der Waals surface area contributed by atoms with Crippen molar-refractivity contribution in [2.24, 2.45) is 0 Å². The number of pyridine rings is 1. The molecule has 1 aliphatic rings. The first-order valence-corrected chi connectivity index (χ1v) is 10.4.